The van der Waals surface area contributed by atoms with Gasteiger partial charge < -0.3 is 10.2 Å². The molecule has 1 saturated heterocycles. The largest absolute Gasteiger partial charge is 0.338 e. The van der Waals surface area contributed by atoms with Crippen molar-refractivity contribution >= 4 is 5.91 Å². The number of nitrogens with zero attached hydrogens (tertiary/aromatic N) is 6. The summed E-state index contributed by atoms with van der Waals surface area (Å²) in [5.74, 6) is 0.455. The van der Waals surface area contributed by atoms with E-state index in [1.807, 2.05) is 24.6 Å². The first kappa shape index (κ1) is 17.6. The van der Waals surface area contributed by atoms with Crippen LogP contribution < -0.4 is 5.32 Å². The van der Waals surface area contributed by atoms with Crippen LogP contribution in [0.5, 0.6) is 0 Å². The lowest BCUT2D eigenvalue weighted by molar-refractivity contribution is 0.0783. The molecule has 1 N–H and O–H groups in total. The molecule has 2 aromatic rings. The SMILES string of the molecule is Cc1cc(C)n(CCN(C)C(=O)c2cn(C[C@H]3CCCNC3)nn2)n1. The van der Waals surface area contributed by atoms with E-state index in [1.165, 1.54) is 12.8 Å². The fourth-order valence-corrected chi connectivity index (χ4v) is 3.27. The maximum atomic E-state index is 12.5. The molecule has 0 saturated carbocycles. The third-order valence-corrected chi connectivity index (χ3v) is 4.70. The minimum atomic E-state index is -0.102. The molecule has 0 bridgehead atoms. The smallest absolute Gasteiger partial charge is 0.275 e. The molecular formula is C17H27N7O. The number of hydrogen-bond acceptors (Lipinski definition) is 5. The zero-order chi connectivity index (χ0) is 17.8. The fraction of sp³-hybridized carbons (Fsp3) is 0.647. The number of carbonyl (C=O) groups excluding carboxylic acids is 1. The summed E-state index contributed by atoms with van der Waals surface area (Å²) >= 11 is 0. The average Bonchev–Trinajstić information content (AvgIpc) is 3.19. The first-order valence-electron chi connectivity index (χ1n) is 8.90. The van der Waals surface area contributed by atoms with Gasteiger partial charge in [0.2, 0.25) is 0 Å². The molecule has 8 nitrogen and oxygen atoms in total. The van der Waals surface area contributed by atoms with Gasteiger partial charge in [0.05, 0.1) is 18.4 Å². The number of aryl methyl sites for hydroxylation is 2. The van der Waals surface area contributed by atoms with E-state index < -0.39 is 0 Å². The monoisotopic (exact) mass is 345 g/mol. The van der Waals surface area contributed by atoms with Crippen molar-refractivity contribution in [1.29, 1.82) is 0 Å². The van der Waals surface area contributed by atoms with E-state index in [4.69, 9.17) is 0 Å². The molecule has 2 aromatic heterocycles. The standard InChI is InChI=1S/C17H27N7O/c1-13-9-14(2)24(20-13)8-7-22(3)17(25)16-12-23(21-19-16)11-15-5-4-6-18-10-15/h9,12,15,18H,4-8,10-11H2,1-3H3/t15-/m0/s1. The summed E-state index contributed by atoms with van der Waals surface area (Å²) in [5.41, 5.74) is 2.50. The number of nitrogens with one attached hydrogen (secondary N) is 1. The highest BCUT2D eigenvalue weighted by molar-refractivity contribution is 5.91. The Balaban J connectivity index is 1.54. The average molecular weight is 345 g/mol. The minimum Gasteiger partial charge on any atom is -0.338 e. The van der Waals surface area contributed by atoms with Crippen LogP contribution in [-0.4, -0.2) is 62.3 Å². The molecule has 1 amide bonds. The molecule has 3 heterocycles. The van der Waals surface area contributed by atoms with Crippen molar-refractivity contribution in [3.05, 3.63) is 29.3 Å². The molecule has 136 valence electrons. The fourth-order valence-electron chi connectivity index (χ4n) is 3.27. The second kappa shape index (κ2) is 7.77. The Morgan fingerprint density at radius 1 is 1.44 bits per heavy atom. The summed E-state index contributed by atoms with van der Waals surface area (Å²) < 4.78 is 3.71. The van der Waals surface area contributed by atoms with Gasteiger partial charge in [0.25, 0.3) is 5.91 Å². The first-order chi connectivity index (χ1) is 12.0. The van der Waals surface area contributed by atoms with Gasteiger partial charge >= 0.3 is 0 Å². The Hall–Kier alpha value is -2.22. The van der Waals surface area contributed by atoms with E-state index in [-0.39, 0.29) is 5.91 Å². The summed E-state index contributed by atoms with van der Waals surface area (Å²) in [7, 11) is 1.79. The Morgan fingerprint density at radius 3 is 2.96 bits per heavy atom. The summed E-state index contributed by atoms with van der Waals surface area (Å²) in [6.07, 6.45) is 4.15. The predicted octanol–water partition coefficient (Wildman–Crippen LogP) is 0.863. The Kier molecular flexibility index (Phi) is 5.47. The highest BCUT2D eigenvalue weighted by Crippen LogP contribution is 2.12. The normalized spacial score (nSPS) is 17.6. The van der Waals surface area contributed by atoms with Crippen molar-refractivity contribution in [3.63, 3.8) is 0 Å². The molecule has 1 aliphatic rings. The first-order valence-corrected chi connectivity index (χ1v) is 8.90. The number of aromatic nitrogens is 5. The highest BCUT2D eigenvalue weighted by Gasteiger charge is 2.18. The van der Waals surface area contributed by atoms with Gasteiger partial charge in [0.1, 0.15) is 0 Å². The number of piperidine rings is 1. The van der Waals surface area contributed by atoms with Crippen molar-refractivity contribution in [3.8, 4) is 0 Å². The van der Waals surface area contributed by atoms with Crippen molar-refractivity contribution in [2.75, 3.05) is 26.7 Å². The Morgan fingerprint density at radius 2 is 2.28 bits per heavy atom. The molecule has 0 aromatic carbocycles. The van der Waals surface area contributed by atoms with Gasteiger partial charge in [-0.3, -0.25) is 14.2 Å². The maximum absolute atomic E-state index is 12.5. The van der Waals surface area contributed by atoms with Gasteiger partial charge in [0, 0.05) is 25.8 Å². The van der Waals surface area contributed by atoms with Crippen molar-refractivity contribution in [1.82, 2.24) is 35.0 Å². The van der Waals surface area contributed by atoms with Crippen LogP contribution in [0.1, 0.15) is 34.7 Å². The van der Waals surface area contributed by atoms with Gasteiger partial charge in [-0.25, -0.2) is 0 Å². The van der Waals surface area contributed by atoms with Crippen LogP contribution in [0.25, 0.3) is 0 Å². The molecule has 1 fully saturated rings. The van der Waals surface area contributed by atoms with E-state index in [0.717, 1.165) is 31.0 Å². The number of hydrogen-bond donors (Lipinski definition) is 1. The number of carbonyl (C=O) groups is 1. The summed E-state index contributed by atoms with van der Waals surface area (Å²) in [4.78, 5) is 14.2. The molecule has 1 aliphatic heterocycles. The summed E-state index contributed by atoms with van der Waals surface area (Å²) in [6, 6.07) is 2.04. The van der Waals surface area contributed by atoms with Crippen molar-refractivity contribution in [2.45, 2.75) is 39.8 Å². The summed E-state index contributed by atoms with van der Waals surface area (Å²) in [5, 5.41) is 16.0. The van der Waals surface area contributed by atoms with Crippen LogP contribution >= 0.6 is 0 Å². The third kappa shape index (κ3) is 4.45. The minimum absolute atomic E-state index is 0.102. The molecule has 25 heavy (non-hydrogen) atoms. The molecular weight excluding hydrogens is 318 g/mol. The van der Waals surface area contributed by atoms with Gasteiger partial charge in [0.15, 0.2) is 5.69 Å². The second-order valence-electron chi connectivity index (χ2n) is 6.92. The van der Waals surface area contributed by atoms with Crippen molar-refractivity contribution in [2.24, 2.45) is 5.92 Å². The Bertz CT molecular complexity index is 714. The van der Waals surface area contributed by atoms with Crippen molar-refractivity contribution < 1.29 is 4.79 Å². The lowest BCUT2D eigenvalue weighted by Crippen LogP contribution is -2.32. The van der Waals surface area contributed by atoms with Gasteiger partial charge in [-0.15, -0.1) is 5.10 Å². The zero-order valence-electron chi connectivity index (χ0n) is 15.3. The van der Waals surface area contributed by atoms with Crippen LogP contribution in [0, 0.1) is 19.8 Å². The quantitative estimate of drug-likeness (QED) is 0.840. The van der Waals surface area contributed by atoms with E-state index in [9.17, 15) is 4.79 Å². The third-order valence-electron chi connectivity index (χ3n) is 4.70. The van der Waals surface area contributed by atoms with Crippen LogP contribution in [0.15, 0.2) is 12.3 Å². The highest BCUT2D eigenvalue weighted by atomic mass is 16.2. The number of rotatable bonds is 6. The molecule has 3 rings (SSSR count). The number of amides is 1. The molecule has 0 radical (unpaired) electrons. The van der Waals surface area contributed by atoms with E-state index in [0.29, 0.717) is 24.7 Å². The van der Waals surface area contributed by atoms with Gasteiger partial charge in [-0.05, 0) is 51.8 Å². The molecule has 0 aliphatic carbocycles. The maximum Gasteiger partial charge on any atom is 0.275 e. The van der Waals surface area contributed by atoms with E-state index in [1.54, 1.807) is 22.8 Å². The Labute approximate surface area is 148 Å². The van der Waals surface area contributed by atoms with Crippen LogP contribution in [0.4, 0.5) is 0 Å². The number of likely N-dealkylation sites (N-methyl/N-ethyl adjacent to an activating group) is 1. The molecule has 1 atom stereocenters. The van der Waals surface area contributed by atoms with Crippen LogP contribution in [0.2, 0.25) is 0 Å². The predicted molar refractivity (Wildman–Crippen MR) is 94.3 cm³/mol. The van der Waals surface area contributed by atoms with E-state index in [2.05, 4.69) is 20.7 Å². The van der Waals surface area contributed by atoms with Crippen LogP contribution in [0.3, 0.4) is 0 Å². The van der Waals surface area contributed by atoms with Gasteiger partial charge in [-0.1, -0.05) is 5.21 Å². The molecule has 8 heteroatoms. The second-order valence-corrected chi connectivity index (χ2v) is 6.92. The molecule has 0 unspecified atom stereocenters. The summed E-state index contributed by atoms with van der Waals surface area (Å²) in [6.45, 7) is 8.15. The van der Waals surface area contributed by atoms with Crippen LogP contribution in [-0.2, 0) is 13.1 Å². The zero-order valence-corrected chi connectivity index (χ0v) is 15.3. The van der Waals surface area contributed by atoms with Gasteiger partial charge in [-0.2, -0.15) is 5.10 Å². The molecule has 0 spiro atoms. The lowest BCUT2D eigenvalue weighted by Gasteiger charge is -2.22. The lowest BCUT2D eigenvalue weighted by atomic mass is 10.00. The topological polar surface area (TPSA) is 80.9 Å². The van der Waals surface area contributed by atoms with E-state index >= 15 is 0 Å².